The molecule has 1 nitrogen and oxygen atoms in total. The number of hydrogen-bond donors (Lipinski definition) is 1. The molecule has 1 heterocycles. The van der Waals surface area contributed by atoms with Crippen LogP contribution >= 0.6 is 24.2 Å². The summed E-state index contributed by atoms with van der Waals surface area (Å²) >= 11 is 1.99. The van der Waals surface area contributed by atoms with Gasteiger partial charge in [-0.05, 0) is 23.6 Å². The molecule has 1 aliphatic heterocycles. The van der Waals surface area contributed by atoms with Gasteiger partial charge in [0.25, 0.3) is 0 Å². The van der Waals surface area contributed by atoms with Gasteiger partial charge in [-0.1, -0.05) is 61.9 Å². The van der Waals surface area contributed by atoms with Crippen LogP contribution in [0.15, 0.2) is 59.5 Å². The highest BCUT2D eigenvalue weighted by Gasteiger charge is 2.24. The molecule has 0 saturated heterocycles. The average molecular weight is 320 g/mol. The number of rotatable bonds is 3. The van der Waals surface area contributed by atoms with E-state index in [0.717, 1.165) is 5.75 Å². The Morgan fingerprint density at radius 2 is 1.76 bits per heavy atom. The Kier molecular flexibility index (Phi) is 6.16. The molecular formula is C18H22ClNS. The van der Waals surface area contributed by atoms with Gasteiger partial charge < -0.3 is 5.32 Å². The fraction of sp³-hybridized carbons (Fsp3) is 0.333. The Morgan fingerprint density at radius 3 is 2.52 bits per heavy atom. The van der Waals surface area contributed by atoms with E-state index in [1.165, 1.54) is 28.9 Å². The van der Waals surface area contributed by atoms with Crippen LogP contribution in [0.4, 0.5) is 0 Å². The van der Waals surface area contributed by atoms with Gasteiger partial charge in [0.2, 0.25) is 0 Å². The van der Waals surface area contributed by atoms with E-state index in [1.807, 2.05) is 11.8 Å². The van der Waals surface area contributed by atoms with Crippen molar-refractivity contribution < 1.29 is 0 Å². The van der Waals surface area contributed by atoms with Crippen molar-refractivity contribution in [1.29, 1.82) is 0 Å². The quantitative estimate of drug-likeness (QED) is 0.848. The maximum atomic E-state index is 3.87. The van der Waals surface area contributed by atoms with Gasteiger partial charge in [0, 0.05) is 16.7 Å². The summed E-state index contributed by atoms with van der Waals surface area (Å²) in [6, 6.07) is 20.5. The summed E-state index contributed by atoms with van der Waals surface area (Å²) in [4.78, 5) is 1.42. The molecule has 1 N–H and O–H groups in total. The van der Waals surface area contributed by atoms with Crippen LogP contribution in [-0.2, 0) is 0 Å². The van der Waals surface area contributed by atoms with Crippen molar-refractivity contribution in [2.24, 2.45) is 0 Å². The van der Waals surface area contributed by atoms with Crippen molar-refractivity contribution in [3.05, 3.63) is 65.7 Å². The molecule has 0 aliphatic carbocycles. The largest absolute Gasteiger partial charge is 0.303 e. The van der Waals surface area contributed by atoms with E-state index >= 15 is 0 Å². The van der Waals surface area contributed by atoms with Gasteiger partial charge in [-0.3, -0.25) is 0 Å². The summed E-state index contributed by atoms with van der Waals surface area (Å²) < 4.78 is 0. The second-order valence-corrected chi connectivity index (χ2v) is 6.41. The van der Waals surface area contributed by atoms with E-state index in [0.29, 0.717) is 12.1 Å². The third kappa shape index (κ3) is 3.82. The minimum Gasteiger partial charge on any atom is -0.303 e. The summed E-state index contributed by atoms with van der Waals surface area (Å²) in [5.74, 6) is 1.16. The summed E-state index contributed by atoms with van der Waals surface area (Å²) in [5.41, 5.74) is 2.78. The SMILES string of the molecule is CCCC1CSc2ccccc2C(c2ccccc2)N1.Cl. The zero-order valence-electron chi connectivity index (χ0n) is 12.3. The fourth-order valence-electron chi connectivity index (χ4n) is 2.85. The van der Waals surface area contributed by atoms with Crippen molar-refractivity contribution in [2.45, 2.75) is 36.7 Å². The molecule has 1 aliphatic rings. The Morgan fingerprint density at radius 1 is 1.05 bits per heavy atom. The lowest BCUT2D eigenvalue weighted by Crippen LogP contribution is -2.33. The molecule has 3 heteroatoms. The second kappa shape index (κ2) is 7.88. The lowest BCUT2D eigenvalue weighted by molar-refractivity contribution is 0.476. The maximum Gasteiger partial charge on any atom is 0.0590 e. The van der Waals surface area contributed by atoms with Crippen molar-refractivity contribution in [3.8, 4) is 0 Å². The predicted octanol–water partition coefficient (Wildman–Crippen LogP) is 5.06. The first-order chi connectivity index (χ1) is 9.88. The molecule has 2 aromatic rings. The summed E-state index contributed by atoms with van der Waals surface area (Å²) in [6.45, 7) is 2.27. The van der Waals surface area contributed by atoms with Crippen LogP contribution in [-0.4, -0.2) is 11.8 Å². The van der Waals surface area contributed by atoms with Gasteiger partial charge in [-0.15, -0.1) is 24.2 Å². The topological polar surface area (TPSA) is 12.0 Å². The third-order valence-corrected chi connectivity index (χ3v) is 5.09. The zero-order valence-corrected chi connectivity index (χ0v) is 13.9. The Balaban J connectivity index is 0.00000161. The van der Waals surface area contributed by atoms with E-state index in [-0.39, 0.29) is 12.4 Å². The molecule has 112 valence electrons. The van der Waals surface area contributed by atoms with Gasteiger partial charge >= 0.3 is 0 Å². The van der Waals surface area contributed by atoms with Gasteiger partial charge in [0.1, 0.15) is 0 Å². The molecule has 21 heavy (non-hydrogen) atoms. The van der Waals surface area contributed by atoms with Gasteiger partial charge in [0.05, 0.1) is 6.04 Å². The molecule has 0 saturated carbocycles. The van der Waals surface area contributed by atoms with Crippen molar-refractivity contribution >= 4 is 24.2 Å². The molecular weight excluding hydrogens is 298 g/mol. The number of hydrogen-bond acceptors (Lipinski definition) is 2. The number of benzene rings is 2. The van der Waals surface area contributed by atoms with Gasteiger partial charge in [-0.2, -0.15) is 0 Å². The van der Waals surface area contributed by atoms with Crippen molar-refractivity contribution in [2.75, 3.05) is 5.75 Å². The van der Waals surface area contributed by atoms with Crippen LogP contribution < -0.4 is 5.32 Å². The lowest BCUT2D eigenvalue weighted by Gasteiger charge is -2.23. The molecule has 0 bridgehead atoms. The van der Waals surface area contributed by atoms with Crippen LogP contribution in [0.2, 0.25) is 0 Å². The molecule has 2 unspecified atom stereocenters. The lowest BCUT2D eigenvalue weighted by atomic mass is 9.97. The minimum atomic E-state index is 0. The van der Waals surface area contributed by atoms with E-state index in [9.17, 15) is 0 Å². The number of halogens is 1. The van der Waals surface area contributed by atoms with Gasteiger partial charge in [-0.25, -0.2) is 0 Å². The Labute approximate surface area is 137 Å². The normalized spacial score (nSPS) is 21.0. The Bertz CT molecular complexity index is 558. The third-order valence-electron chi connectivity index (χ3n) is 3.84. The van der Waals surface area contributed by atoms with Crippen LogP contribution in [0.1, 0.15) is 36.9 Å². The standard InChI is InChI=1S/C18H21NS.ClH/c1-2-8-15-13-20-17-12-7-6-11-16(17)18(19-15)14-9-4-3-5-10-14;/h3-7,9-12,15,18-19H,2,8,13H2,1H3;1H. The fourth-order valence-corrected chi connectivity index (χ4v) is 4.02. The average Bonchev–Trinajstić information content (AvgIpc) is 2.69. The monoisotopic (exact) mass is 319 g/mol. The maximum absolute atomic E-state index is 3.87. The second-order valence-electron chi connectivity index (χ2n) is 5.34. The smallest absolute Gasteiger partial charge is 0.0590 e. The molecule has 0 aromatic heterocycles. The molecule has 2 aromatic carbocycles. The van der Waals surface area contributed by atoms with Crippen LogP contribution in [0.5, 0.6) is 0 Å². The minimum absolute atomic E-state index is 0. The predicted molar refractivity (Wildman–Crippen MR) is 94.5 cm³/mol. The summed E-state index contributed by atoms with van der Waals surface area (Å²) in [6.07, 6.45) is 2.47. The van der Waals surface area contributed by atoms with Crippen LogP contribution in [0, 0.1) is 0 Å². The molecule has 3 rings (SSSR count). The van der Waals surface area contributed by atoms with E-state index in [2.05, 4.69) is 66.8 Å². The number of thioether (sulfide) groups is 1. The summed E-state index contributed by atoms with van der Waals surface area (Å²) in [5, 5.41) is 3.87. The van der Waals surface area contributed by atoms with E-state index in [4.69, 9.17) is 0 Å². The highest BCUT2D eigenvalue weighted by molar-refractivity contribution is 7.99. The molecule has 0 radical (unpaired) electrons. The van der Waals surface area contributed by atoms with E-state index < -0.39 is 0 Å². The van der Waals surface area contributed by atoms with E-state index in [1.54, 1.807) is 0 Å². The number of nitrogens with one attached hydrogen (secondary N) is 1. The highest BCUT2D eigenvalue weighted by atomic mass is 35.5. The molecule has 0 spiro atoms. The van der Waals surface area contributed by atoms with Crippen LogP contribution in [0.3, 0.4) is 0 Å². The van der Waals surface area contributed by atoms with Gasteiger partial charge in [0.15, 0.2) is 0 Å². The first kappa shape index (κ1) is 16.4. The first-order valence-electron chi connectivity index (χ1n) is 7.41. The molecule has 2 atom stereocenters. The first-order valence-corrected chi connectivity index (χ1v) is 8.39. The van der Waals surface area contributed by atoms with Crippen molar-refractivity contribution in [3.63, 3.8) is 0 Å². The Hall–Kier alpha value is -0.960. The zero-order chi connectivity index (χ0) is 13.8. The molecule has 0 amide bonds. The highest BCUT2D eigenvalue weighted by Crippen LogP contribution is 2.35. The number of fused-ring (bicyclic) bond motifs is 1. The van der Waals surface area contributed by atoms with Crippen molar-refractivity contribution in [1.82, 2.24) is 5.32 Å². The van der Waals surface area contributed by atoms with Crippen LogP contribution in [0.25, 0.3) is 0 Å². The molecule has 0 fully saturated rings. The summed E-state index contributed by atoms with van der Waals surface area (Å²) in [7, 11) is 0.